The molecule has 7 nitrogen and oxygen atoms in total. The molecule has 0 atom stereocenters. The summed E-state index contributed by atoms with van der Waals surface area (Å²) in [6.07, 6.45) is 2.99. The number of hydrogen-bond donors (Lipinski definition) is 0. The number of fused-ring (bicyclic) bond motifs is 1. The highest BCUT2D eigenvalue weighted by Crippen LogP contribution is 2.22. The van der Waals surface area contributed by atoms with Crippen LogP contribution in [0.5, 0.6) is 0 Å². The molecule has 8 heteroatoms. The normalized spacial score (nSPS) is 11.4. The average Bonchev–Trinajstić information content (AvgIpc) is 3.06. The van der Waals surface area contributed by atoms with Gasteiger partial charge in [0.1, 0.15) is 17.3 Å². The Kier molecular flexibility index (Phi) is 3.13. The van der Waals surface area contributed by atoms with Gasteiger partial charge >= 0.3 is 0 Å². The minimum atomic E-state index is 0.399. The van der Waals surface area contributed by atoms with E-state index in [1.54, 1.807) is 9.20 Å². The zero-order chi connectivity index (χ0) is 14.3. The molecule has 0 aromatic carbocycles. The second-order valence-electron chi connectivity index (χ2n) is 4.39. The summed E-state index contributed by atoms with van der Waals surface area (Å²) >= 11 is 6.18. The molecule has 3 aromatic rings. The molecule has 0 aliphatic carbocycles. The molecule has 0 aliphatic rings. The summed E-state index contributed by atoms with van der Waals surface area (Å²) < 4.78 is 3.41. The number of aryl methyl sites for hydroxylation is 2. The average molecular weight is 292 g/mol. The Morgan fingerprint density at radius 2 is 2.00 bits per heavy atom. The van der Waals surface area contributed by atoms with Crippen molar-refractivity contribution in [3.8, 4) is 5.82 Å². The van der Waals surface area contributed by atoms with Crippen LogP contribution in [-0.4, -0.2) is 34.3 Å². The first-order valence-corrected chi connectivity index (χ1v) is 6.84. The Morgan fingerprint density at radius 1 is 1.20 bits per heavy atom. The van der Waals surface area contributed by atoms with Crippen molar-refractivity contribution in [2.45, 2.75) is 33.6 Å². The van der Waals surface area contributed by atoms with E-state index >= 15 is 0 Å². The van der Waals surface area contributed by atoms with E-state index in [4.69, 9.17) is 11.6 Å². The molecule has 104 valence electrons. The summed E-state index contributed by atoms with van der Waals surface area (Å²) in [4.78, 5) is 12.8. The molecule has 0 spiro atoms. The first-order chi connectivity index (χ1) is 9.65. The van der Waals surface area contributed by atoms with Gasteiger partial charge in [-0.1, -0.05) is 25.4 Å². The maximum atomic E-state index is 6.18. The van der Waals surface area contributed by atoms with Crippen LogP contribution in [0.1, 0.15) is 31.1 Å². The Bertz CT molecular complexity index is 774. The van der Waals surface area contributed by atoms with Gasteiger partial charge in [-0.3, -0.25) is 0 Å². The van der Waals surface area contributed by atoms with Crippen molar-refractivity contribution in [2.24, 2.45) is 0 Å². The van der Waals surface area contributed by atoms with Gasteiger partial charge in [-0.15, -0.1) is 5.10 Å². The van der Waals surface area contributed by atoms with Gasteiger partial charge in [-0.25, -0.2) is 4.98 Å². The fourth-order valence-electron chi connectivity index (χ4n) is 2.07. The highest BCUT2D eigenvalue weighted by Gasteiger charge is 2.18. The summed E-state index contributed by atoms with van der Waals surface area (Å²) in [7, 11) is 0. The fourth-order valence-corrected chi connectivity index (χ4v) is 2.23. The van der Waals surface area contributed by atoms with E-state index in [1.807, 2.05) is 20.8 Å². The number of nitrogens with zero attached hydrogens (tertiary/aromatic N) is 7. The molecule has 0 aliphatic heterocycles. The quantitative estimate of drug-likeness (QED) is 0.688. The molecule has 20 heavy (non-hydrogen) atoms. The third kappa shape index (κ3) is 1.85. The summed E-state index contributed by atoms with van der Waals surface area (Å²) in [5, 5.41) is 9.13. The number of rotatable bonds is 3. The summed E-state index contributed by atoms with van der Waals surface area (Å²) in [5.74, 6) is 2.85. The lowest BCUT2D eigenvalue weighted by atomic mass is 10.3. The predicted molar refractivity (Wildman–Crippen MR) is 74.2 cm³/mol. The van der Waals surface area contributed by atoms with E-state index in [-0.39, 0.29) is 0 Å². The third-order valence-electron chi connectivity index (χ3n) is 3.12. The zero-order valence-corrected chi connectivity index (χ0v) is 12.3. The van der Waals surface area contributed by atoms with Gasteiger partial charge in [-0.05, 0) is 6.92 Å². The highest BCUT2D eigenvalue weighted by atomic mass is 35.5. The second-order valence-corrected chi connectivity index (χ2v) is 4.74. The Labute approximate surface area is 120 Å². The Hall–Kier alpha value is -2.02. The molecule has 0 radical (unpaired) electrons. The Morgan fingerprint density at radius 3 is 2.70 bits per heavy atom. The molecule has 0 N–H and O–H groups in total. The van der Waals surface area contributed by atoms with Crippen LogP contribution in [0.15, 0.2) is 6.33 Å². The monoisotopic (exact) mass is 291 g/mol. The van der Waals surface area contributed by atoms with Crippen molar-refractivity contribution < 1.29 is 0 Å². The van der Waals surface area contributed by atoms with Gasteiger partial charge < -0.3 is 0 Å². The number of aromatic nitrogens is 7. The molecule has 3 rings (SSSR count). The first kappa shape index (κ1) is 13.0. The van der Waals surface area contributed by atoms with Gasteiger partial charge in [0, 0.05) is 18.4 Å². The molecule has 0 amide bonds. The SMILES string of the molecule is CCc1nc(CC)n(-c2c(C)c(Cl)nc3ncnn23)n1. The molecular weight excluding hydrogens is 278 g/mol. The van der Waals surface area contributed by atoms with E-state index in [9.17, 15) is 0 Å². The highest BCUT2D eigenvalue weighted by molar-refractivity contribution is 6.30. The van der Waals surface area contributed by atoms with Crippen molar-refractivity contribution in [1.82, 2.24) is 34.3 Å². The van der Waals surface area contributed by atoms with Crippen molar-refractivity contribution >= 4 is 17.4 Å². The molecule has 3 aromatic heterocycles. The van der Waals surface area contributed by atoms with Crippen LogP contribution in [0, 0.1) is 6.92 Å². The number of halogens is 1. The minimum Gasteiger partial charge on any atom is -0.216 e. The van der Waals surface area contributed by atoms with Gasteiger partial charge in [0.2, 0.25) is 0 Å². The van der Waals surface area contributed by atoms with E-state index in [0.29, 0.717) is 10.9 Å². The summed E-state index contributed by atoms with van der Waals surface area (Å²) in [6, 6.07) is 0. The molecule has 0 unspecified atom stereocenters. The van der Waals surface area contributed by atoms with E-state index in [0.717, 1.165) is 35.9 Å². The summed E-state index contributed by atoms with van der Waals surface area (Å²) in [6.45, 7) is 5.95. The molecule has 0 saturated carbocycles. The third-order valence-corrected chi connectivity index (χ3v) is 3.49. The maximum absolute atomic E-state index is 6.18. The Balaban J connectivity index is 2.36. The lowest BCUT2D eigenvalue weighted by molar-refractivity contribution is 0.724. The lowest BCUT2D eigenvalue weighted by Gasteiger charge is -2.10. The van der Waals surface area contributed by atoms with Crippen molar-refractivity contribution in [1.29, 1.82) is 0 Å². The van der Waals surface area contributed by atoms with E-state index in [2.05, 4.69) is 25.1 Å². The number of hydrogen-bond acceptors (Lipinski definition) is 5. The van der Waals surface area contributed by atoms with Gasteiger partial charge in [0.15, 0.2) is 11.6 Å². The first-order valence-electron chi connectivity index (χ1n) is 6.46. The zero-order valence-electron chi connectivity index (χ0n) is 11.5. The van der Waals surface area contributed by atoms with Crippen LogP contribution in [0.2, 0.25) is 5.15 Å². The van der Waals surface area contributed by atoms with Crippen LogP contribution in [0.3, 0.4) is 0 Å². The standard InChI is InChI=1S/C12H14ClN7/c1-4-8-16-9(5-2)19(18-8)11-7(3)10(13)17-12-14-6-15-20(11)12/h6H,4-5H2,1-3H3. The van der Waals surface area contributed by atoms with Crippen LogP contribution < -0.4 is 0 Å². The molecule has 0 saturated heterocycles. The largest absolute Gasteiger partial charge is 0.255 e. The van der Waals surface area contributed by atoms with Crippen LogP contribution in [0.4, 0.5) is 0 Å². The summed E-state index contributed by atoms with van der Waals surface area (Å²) in [5.41, 5.74) is 0.798. The predicted octanol–water partition coefficient (Wildman–Crippen LogP) is 1.79. The topological polar surface area (TPSA) is 73.8 Å². The van der Waals surface area contributed by atoms with Crippen molar-refractivity contribution in [3.05, 3.63) is 28.7 Å². The van der Waals surface area contributed by atoms with Crippen molar-refractivity contribution in [2.75, 3.05) is 0 Å². The van der Waals surface area contributed by atoms with Crippen molar-refractivity contribution in [3.63, 3.8) is 0 Å². The van der Waals surface area contributed by atoms with Gasteiger partial charge in [-0.2, -0.15) is 24.3 Å². The molecular formula is C12H14ClN7. The lowest BCUT2D eigenvalue weighted by Crippen LogP contribution is -2.12. The van der Waals surface area contributed by atoms with Crippen LogP contribution in [0.25, 0.3) is 11.6 Å². The minimum absolute atomic E-state index is 0.399. The molecule has 3 heterocycles. The van der Waals surface area contributed by atoms with Gasteiger partial charge in [0.25, 0.3) is 5.78 Å². The molecule has 0 fully saturated rings. The van der Waals surface area contributed by atoms with Crippen LogP contribution >= 0.6 is 11.6 Å². The van der Waals surface area contributed by atoms with Crippen LogP contribution in [-0.2, 0) is 12.8 Å². The smallest absolute Gasteiger partial charge is 0.216 e. The fraction of sp³-hybridized carbons (Fsp3) is 0.417. The van der Waals surface area contributed by atoms with E-state index < -0.39 is 0 Å². The second kappa shape index (κ2) is 4.82. The maximum Gasteiger partial charge on any atom is 0.255 e. The van der Waals surface area contributed by atoms with E-state index in [1.165, 1.54) is 6.33 Å². The van der Waals surface area contributed by atoms with Gasteiger partial charge in [0.05, 0.1) is 0 Å². The molecule has 0 bridgehead atoms.